The van der Waals surface area contributed by atoms with E-state index in [9.17, 15) is 18.0 Å². The smallest absolute Gasteiger partial charge is 0.409 e. The molecule has 0 aromatic heterocycles. The van der Waals surface area contributed by atoms with E-state index >= 15 is 0 Å². The van der Waals surface area contributed by atoms with Crippen LogP contribution in [0.3, 0.4) is 0 Å². The number of cyclic esters (lactones) is 1. The number of carbonyl (C=O) groups is 1. The van der Waals surface area contributed by atoms with Crippen LogP contribution in [0.5, 0.6) is 0 Å². The number of halogens is 3. The topological polar surface area (TPSA) is 41.6 Å². The number of ether oxygens (including phenoxy) is 1. The molecule has 2 rings (SSSR count). The summed E-state index contributed by atoms with van der Waals surface area (Å²) in [6.07, 6.45) is -1.77. The van der Waals surface area contributed by atoms with Gasteiger partial charge in [0, 0.05) is 12.6 Å². The van der Waals surface area contributed by atoms with Crippen LogP contribution in [0.25, 0.3) is 0 Å². The van der Waals surface area contributed by atoms with Crippen LogP contribution in [0.1, 0.15) is 32.1 Å². The predicted molar refractivity (Wildman–Crippen MR) is 67.3 cm³/mol. The summed E-state index contributed by atoms with van der Waals surface area (Å²) in [4.78, 5) is 12.8. The molecule has 20 heavy (non-hydrogen) atoms. The van der Waals surface area contributed by atoms with E-state index < -0.39 is 12.1 Å². The van der Waals surface area contributed by atoms with Gasteiger partial charge in [-0.1, -0.05) is 6.42 Å². The SMILES string of the molecule is O=C1OCCN1CCCN[C@@H]1CCC[C@H](C(F)(F)F)C1. The molecule has 1 N–H and O–H groups in total. The Hall–Kier alpha value is -0.980. The summed E-state index contributed by atoms with van der Waals surface area (Å²) in [7, 11) is 0. The molecule has 1 saturated carbocycles. The van der Waals surface area contributed by atoms with E-state index in [1.54, 1.807) is 4.90 Å². The normalized spacial score (nSPS) is 27.8. The Morgan fingerprint density at radius 2 is 2.15 bits per heavy atom. The molecular weight excluding hydrogens is 273 g/mol. The van der Waals surface area contributed by atoms with Crippen LogP contribution in [0.15, 0.2) is 0 Å². The van der Waals surface area contributed by atoms with E-state index in [1.807, 2.05) is 0 Å². The number of alkyl halides is 3. The quantitative estimate of drug-likeness (QED) is 0.792. The van der Waals surface area contributed by atoms with Crippen molar-refractivity contribution in [1.82, 2.24) is 10.2 Å². The average molecular weight is 294 g/mol. The number of hydrogen-bond acceptors (Lipinski definition) is 3. The minimum atomic E-state index is -4.07. The molecule has 1 aliphatic carbocycles. The second kappa shape index (κ2) is 6.65. The molecule has 2 aliphatic rings. The van der Waals surface area contributed by atoms with Crippen molar-refractivity contribution in [3.05, 3.63) is 0 Å². The fraction of sp³-hybridized carbons (Fsp3) is 0.923. The van der Waals surface area contributed by atoms with Gasteiger partial charge < -0.3 is 15.0 Å². The largest absolute Gasteiger partial charge is 0.448 e. The maximum atomic E-state index is 12.7. The zero-order valence-corrected chi connectivity index (χ0v) is 11.4. The molecule has 0 unspecified atom stereocenters. The lowest BCUT2D eigenvalue weighted by atomic mass is 9.85. The number of carbonyl (C=O) groups excluding carboxylic acids is 1. The fourth-order valence-corrected chi connectivity index (χ4v) is 2.88. The number of nitrogens with one attached hydrogen (secondary N) is 1. The molecule has 0 aromatic rings. The lowest BCUT2D eigenvalue weighted by Crippen LogP contribution is -2.39. The molecule has 1 heterocycles. The van der Waals surface area contributed by atoms with Gasteiger partial charge in [-0.2, -0.15) is 13.2 Å². The van der Waals surface area contributed by atoms with E-state index in [0.717, 1.165) is 12.8 Å². The zero-order valence-electron chi connectivity index (χ0n) is 11.4. The third kappa shape index (κ3) is 4.26. The summed E-state index contributed by atoms with van der Waals surface area (Å²) in [6.45, 7) is 2.28. The molecule has 0 aromatic carbocycles. The Morgan fingerprint density at radius 1 is 1.35 bits per heavy atom. The number of amides is 1. The van der Waals surface area contributed by atoms with Gasteiger partial charge in [0.1, 0.15) is 6.61 Å². The van der Waals surface area contributed by atoms with Crippen molar-refractivity contribution in [2.24, 2.45) is 5.92 Å². The van der Waals surface area contributed by atoms with Gasteiger partial charge in [-0.3, -0.25) is 0 Å². The van der Waals surface area contributed by atoms with Crippen LogP contribution < -0.4 is 5.32 Å². The van der Waals surface area contributed by atoms with E-state index in [1.165, 1.54) is 0 Å². The monoisotopic (exact) mass is 294 g/mol. The van der Waals surface area contributed by atoms with Crippen molar-refractivity contribution in [2.45, 2.75) is 44.3 Å². The van der Waals surface area contributed by atoms with Crippen LogP contribution in [0.4, 0.5) is 18.0 Å². The number of hydrogen-bond donors (Lipinski definition) is 1. The van der Waals surface area contributed by atoms with Gasteiger partial charge in [-0.15, -0.1) is 0 Å². The van der Waals surface area contributed by atoms with Gasteiger partial charge in [-0.05, 0) is 32.2 Å². The molecule has 4 nitrogen and oxygen atoms in total. The Balaban J connectivity index is 1.63. The highest BCUT2D eigenvalue weighted by atomic mass is 19.4. The lowest BCUT2D eigenvalue weighted by Gasteiger charge is -2.31. The van der Waals surface area contributed by atoms with E-state index in [4.69, 9.17) is 4.74 Å². The second-order valence-electron chi connectivity index (χ2n) is 5.51. The number of nitrogens with zero attached hydrogens (tertiary/aromatic N) is 1. The van der Waals surface area contributed by atoms with Crippen LogP contribution in [0.2, 0.25) is 0 Å². The van der Waals surface area contributed by atoms with Crippen molar-refractivity contribution in [3.8, 4) is 0 Å². The van der Waals surface area contributed by atoms with E-state index in [2.05, 4.69) is 5.32 Å². The maximum absolute atomic E-state index is 12.7. The summed E-state index contributed by atoms with van der Waals surface area (Å²) in [6, 6.07) is -0.0547. The van der Waals surface area contributed by atoms with Crippen molar-refractivity contribution < 1.29 is 22.7 Å². The molecule has 7 heteroatoms. The van der Waals surface area contributed by atoms with Crippen molar-refractivity contribution in [2.75, 3.05) is 26.2 Å². The van der Waals surface area contributed by atoms with Gasteiger partial charge in [0.15, 0.2) is 0 Å². The molecule has 1 amide bonds. The highest BCUT2D eigenvalue weighted by Gasteiger charge is 2.41. The first-order valence-electron chi connectivity index (χ1n) is 7.18. The first-order valence-corrected chi connectivity index (χ1v) is 7.18. The Bertz CT molecular complexity index is 336. The number of rotatable bonds is 5. The van der Waals surface area contributed by atoms with Gasteiger partial charge in [0.2, 0.25) is 0 Å². The molecule has 116 valence electrons. The first-order chi connectivity index (χ1) is 9.47. The Labute approximate surface area is 116 Å². The summed E-state index contributed by atoms with van der Waals surface area (Å²) in [5.74, 6) is -1.16. The molecule has 2 fully saturated rings. The molecule has 2 atom stereocenters. The minimum absolute atomic E-state index is 0.0547. The van der Waals surface area contributed by atoms with Crippen molar-refractivity contribution in [1.29, 1.82) is 0 Å². The van der Waals surface area contributed by atoms with Crippen LogP contribution >= 0.6 is 0 Å². The Morgan fingerprint density at radius 3 is 2.80 bits per heavy atom. The predicted octanol–water partition coefficient (Wildman–Crippen LogP) is 2.54. The summed E-state index contributed by atoms with van der Waals surface area (Å²) in [5, 5.41) is 3.18. The van der Waals surface area contributed by atoms with Crippen LogP contribution in [-0.2, 0) is 4.74 Å². The van der Waals surface area contributed by atoms with Gasteiger partial charge >= 0.3 is 12.3 Å². The van der Waals surface area contributed by atoms with Gasteiger partial charge in [-0.25, -0.2) is 4.79 Å². The summed E-state index contributed by atoms with van der Waals surface area (Å²) < 4.78 is 42.8. The zero-order chi connectivity index (χ0) is 14.6. The van der Waals surface area contributed by atoms with Gasteiger partial charge in [0.05, 0.1) is 12.5 Å². The molecule has 0 spiro atoms. The Kier molecular flexibility index (Phi) is 5.12. The highest BCUT2D eigenvalue weighted by Crippen LogP contribution is 2.37. The third-order valence-electron chi connectivity index (χ3n) is 4.02. The van der Waals surface area contributed by atoms with E-state index in [-0.39, 0.29) is 25.0 Å². The summed E-state index contributed by atoms with van der Waals surface area (Å²) >= 11 is 0. The summed E-state index contributed by atoms with van der Waals surface area (Å²) in [5.41, 5.74) is 0. The molecule has 1 aliphatic heterocycles. The standard InChI is InChI=1S/C13H21F3N2O2/c14-13(15,16)10-3-1-4-11(9-10)17-5-2-6-18-7-8-20-12(18)19/h10-11,17H,1-9H2/t10-,11+/m0/s1. The maximum Gasteiger partial charge on any atom is 0.409 e. The van der Waals surface area contributed by atoms with Gasteiger partial charge in [0.25, 0.3) is 0 Å². The van der Waals surface area contributed by atoms with Crippen LogP contribution in [-0.4, -0.2) is 49.5 Å². The first kappa shape index (κ1) is 15.4. The van der Waals surface area contributed by atoms with Crippen molar-refractivity contribution in [3.63, 3.8) is 0 Å². The van der Waals surface area contributed by atoms with Crippen molar-refractivity contribution >= 4 is 6.09 Å². The fourth-order valence-electron chi connectivity index (χ4n) is 2.88. The highest BCUT2D eigenvalue weighted by molar-refractivity contribution is 5.69. The van der Waals surface area contributed by atoms with E-state index in [0.29, 0.717) is 32.7 Å². The molecule has 0 radical (unpaired) electrons. The minimum Gasteiger partial charge on any atom is -0.448 e. The molecule has 1 saturated heterocycles. The molecule has 0 bridgehead atoms. The second-order valence-corrected chi connectivity index (χ2v) is 5.51. The average Bonchev–Trinajstić information content (AvgIpc) is 2.80. The van der Waals surface area contributed by atoms with Crippen LogP contribution in [0, 0.1) is 5.92 Å². The third-order valence-corrected chi connectivity index (χ3v) is 4.02. The lowest BCUT2D eigenvalue weighted by molar-refractivity contribution is -0.183. The molecular formula is C13H21F3N2O2.